The highest BCUT2D eigenvalue weighted by atomic mass is 16.3. The summed E-state index contributed by atoms with van der Waals surface area (Å²) in [6, 6.07) is 1.34. The molecule has 0 aliphatic carbocycles. The maximum Gasteiger partial charge on any atom is 0.252 e. The Morgan fingerprint density at radius 1 is 1.56 bits per heavy atom. The Bertz CT molecular complexity index is 387. The number of aromatic amines is 1. The van der Waals surface area contributed by atoms with E-state index in [1.54, 1.807) is 6.92 Å². The lowest BCUT2D eigenvalue weighted by atomic mass is 10.0. The van der Waals surface area contributed by atoms with Gasteiger partial charge in [0.05, 0.1) is 12.6 Å². The second kappa shape index (κ2) is 5.65. The van der Waals surface area contributed by atoms with Gasteiger partial charge in [-0.3, -0.25) is 4.79 Å². The van der Waals surface area contributed by atoms with Gasteiger partial charge in [0.15, 0.2) is 0 Å². The number of aliphatic hydroxyl groups is 1. The van der Waals surface area contributed by atoms with Crippen LogP contribution in [0.5, 0.6) is 0 Å². The standard InChI is InChI=1S/C11H19N3O2/c1-7(2)4-9(6-15)14-10-5-11(16)13-8(3)12-10/h5,7,9,15H,4,6H2,1-3H3,(H2,12,13,14,16). The van der Waals surface area contributed by atoms with Crippen LogP contribution in [0.4, 0.5) is 5.82 Å². The van der Waals surface area contributed by atoms with Gasteiger partial charge in [-0.2, -0.15) is 0 Å². The molecule has 3 N–H and O–H groups in total. The van der Waals surface area contributed by atoms with Gasteiger partial charge in [0.2, 0.25) is 0 Å². The van der Waals surface area contributed by atoms with Gasteiger partial charge in [-0.25, -0.2) is 4.98 Å². The van der Waals surface area contributed by atoms with Crippen molar-refractivity contribution in [1.82, 2.24) is 9.97 Å². The molecule has 90 valence electrons. The van der Waals surface area contributed by atoms with Crippen LogP contribution in [0.3, 0.4) is 0 Å². The molecule has 1 aromatic rings. The molecule has 0 radical (unpaired) electrons. The molecule has 0 aromatic carbocycles. The lowest BCUT2D eigenvalue weighted by Crippen LogP contribution is -2.27. The Hall–Kier alpha value is -1.36. The van der Waals surface area contributed by atoms with E-state index in [2.05, 4.69) is 29.1 Å². The lowest BCUT2D eigenvalue weighted by molar-refractivity contribution is 0.259. The van der Waals surface area contributed by atoms with Crippen molar-refractivity contribution in [3.8, 4) is 0 Å². The summed E-state index contributed by atoms with van der Waals surface area (Å²) in [4.78, 5) is 17.9. The normalized spacial score (nSPS) is 12.8. The largest absolute Gasteiger partial charge is 0.394 e. The van der Waals surface area contributed by atoms with Crippen LogP contribution >= 0.6 is 0 Å². The second-order valence-corrected chi connectivity index (χ2v) is 4.37. The highest BCUT2D eigenvalue weighted by Gasteiger charge is 2.10. The summed E-state index contributed by atoms with van der Waals surface area (Å²) in [6.45, 7) is 5.93. The fraction of sp³-hybridized carbons (Fsp3) is 0.636. The molecule has 1 unspecified atom stereocenters. The van der Waals surface area contributed by atoms with Crippen molar-refractivity contribution >= 4 is 5.82 Å². The number of H-pyrrole nitrogens is 1. The Morgan fingerprint density at radius 3 is 2.75 bits per heavy atom. The third kappa shape index (κ3) is 4.02. The summed E-state index contributed by atoms with van der Waals surface area (Å²) < 4.78 is 0. The van der Waals surface area contributed by atoms with Crippen molar-refractivity contribution in [1.29, 1.82) is 0 Å². The number of nitrogens with one attached hydrogen (secondary N) is 2. The first-order valence-corrected chi connectivity index (χ1v) is 5.46. The summed E-state index contributed by atoms with van der Waals surface area (Å²) in [7, 11) is 0. The molecule has 0 bridgehead atoms. The molecule has 1 aromatic heterocycles. The zero-order chi connectivity index (χ0) is 12.1. The maximum absolute atomic E-state index is 11.2. The number of nitrogens with zero attached hydrogens (tertiary/aromatic N) is 1. The molecule has 1 rings (SSSR count). The molecule has 1 heterocycles. The Balaban J connectivity index is 2.73. The molecule has 0 spiro atoms. The zero-order valence-electron chi connectivity index (χ0n) is 9.95. The van der Waals surface area contributed by atoms with Crippen molar-refractivity contribution in [3.05, 3.63) is 22.2 Å². The van der Waals surface area contributed by atoms with E-state index in [0.717, 1.165) is 6.42 Å². The Kier molecular flexibility index (Phi) is 4.49. The predicted molar refractivity (Wildman–Crippen MR) is 63.5 cm³/mol. The summed E-state index contributed by atoms with van der Waals surface area (Å²) in [5.41, 5.74) is -0.184. The van der Waals surface area contributed by atoms with E-state index in [9.17, 15) is 9.90 Å². The van der Waals surface area contributed by atoms with Gasteiger partial charge in [-0.15, -0.1) is 0 Å². The van der Waals surface area contributed by atoms with Crippen molar-refractivity contribution in [2.24, 2.45) is 5.92 Å². The third-order valence-electron chi connectivity index (χ3n) is 2.19. The summed E-state index contributed by atoms with van der Waals surface area (Å²) in [5.74, 6) is 1.56. The number of aliphatic hydroxyl groups excluding tert-OH is 1. The van der Waals surface area contributed by atoms with Crippen molar-refractivity contribution in [2.45, 2.75) is 33.2 Å². The summed E-state index contributed by atoms with van der Waals surface area (Å²) in [6.07, 6.45) is 0.837. The third-order valence-corrected chi connectivity index (χ3v) is 2.19. The van der Waals surface area contributed by atoms with Gasteiger partial charge in [0.1, 0.15) is 11.6 Å². The molecule has 0 aliphatic rings. The van der Waals surface area contributed by atoms with Gasteiger partial charge < -0.3 is 15.4 Å². The topological polar surface area (TPSA) is 78.0 Å². The van der Waals surface area contributed by atoms with E-state index in [1.807, 2.05) is 0 Å². The van der Waals surface area contributed by atoms with Gasteiger partial charge in [0.25, 0.3) is 5.56 Å². The lowest BCUT2D eigenvalue weighted by Gasteiger charge is -2.18. The fourth-order valence-electron chi connectivity index (χ4n) is 1.61. The first kappa shape index (κ1) is 12.7. The number of aromatic nitrogens is 2. The Labute approximate surface area is 94.9 Å². The van der Waals surface area contributed by atoms with Crippen LogP contribution in [0.2, 0.25) is 0 Å². The monoisotopic (exact) mass is 225 g/mol. The number of rotatable bonds is 5. The Morgan fingerprint density at radius 2 is 2.25 bits per heavy atom. The molecule has 5 heteroatoms. The molecule has 0 saturated heterocycles. The van der Waals surface area contributed by atoms with E-state index in [1.165, 1.54) is 6.07 Å². The highest BCUT2D eigenvalue weighted by Crippen LogP contribution is 2.09. The van der Waals surface area contributed by atoms with Crippen molar-refractivity contribution < 1.29 is 5.11 Å². The van der Waals surface area contributed by atoms with Crippen LogP contribution in [-0.4, -0.2) is 27.7 Å². The minimum absolute atomic E-state index is 0.0334. The number of hydrogen-bond donors (Lipinski definition) is 3. The quantitative estimate of drug-likeness (QED) is 0.695. The smallest absolute Gasteiger partial charge is 0.252 e. The van der Waals surface area contributed by atoms with Gasteiger partial charge in [-0.05, 0) is 19.3 Å². The van der Waals surface area contributed by atoms with E-state index >= 15 is 0 Å². The molecule has 0 amide bonds. The SMILES string of the molecule is Cc1nc(NC(CO)CC(C)C)cc(=O)[nH]1. The van der Waals surface area contributed by atoms with E-state index in [4.69, 9.17) is 0 Å². The average molecular weight is 225 g/mol. The van der Waals surface area contributed by atoms with Gasteiger partial charge in [-0.1, -0.05) is 13.8 Å². The minimum atomic E-state index is -0.184. The van der Waals surface area contributed by atoms with E-state index in [-0.39, 0.29) is 18.2 Å². The van der Waals surface area contributed by atoms with E-state index < -0.39 is 0 Å². The minimum Gasteiger partial charge on any atom is -0.394 e. The molecular weight excluding hydrogens is 206 g/mol. The second-order valence-electron chi connectivity index (χ2n) is 4.37. The maximum atomic E-state index is 11.2. The molecule has 1 atom stereocenters. The molecular formula is C11H19N3O2. The predicted octanol–water partition coefficient (Wildman–Crippen LogP) is 0.897. The van der Waals surface area contributed by atoms with Crippen LogP contribution in [0.15, 0.2) is 10.9 Å². The van der Waals surface area contributed by atoms with Crippen LogP contribution in [-0.2, 0) is 0 Å². The molecule has 5 nitrogen and oxygen atoms in total. The van der Waals surface area contributed by atoms with Crippen molar-refractivity contribution in [2.75, 3.05) is 11.9 Å². The molecule has 0 saturated carbocycles. The van der Waals surface area contributed by atoms with Crippen LogP contribution in [0.25, 0.3) is 0 Å². The molecule has 16 heavy (non-hydrogen) atoms. The first-order valence-electron chi connectivity index (χ1n) is 5.46. The van der Waals surface area contributed by atoms with Gasteiger partial charge >= 0.3 is 0 Å². The molecule has 0 fully saturated rings. The molecule has 0 aliphatic heterocycles. The fourth-order valence-corrected chi connectivity index (χ4v) is 1.61. The average Bonchev–Trinajstić information content (AvgIpc) is 2.14. The van der Waals surface area contributed by atoms with Crippen LogP contribution in [0, 0.1) is 12.8 Å². The van der Waals surface area contributed by atoms with E-state index in [0.29, 0.717) is 17.6 Å². The van der Waals surface area contributed by atoms with Crippen LogP contribution in [0.1, 0.15) is 26.1 Å². The van der Waals surface area contributed by atoms with Crippen molar-refractivity contribution in [3.63, 3.8) is 0 Å². The number of anilines is 1. The highest BCUT2D eigenvalue weighted by molar-refractivity contribution is 5.34. The number of hydrogen-bond acceptors (Lipinski definition) is 4. The zero-order valence-corrected chi connectivity index (χ0v) is 9.95. The number of aryl methyl sites for hydroxylation is 1. The summed E-state index contributed by atoms with van der Waals surface area (Å²) in [5, 5.41) is 12.3. The van der Waals surface area contributed by atoms with Gasteiger partial charge in [0, 0.05) is 6.07 Å². The summed E-state index contributed by atoms with van der Waals surface area (Å²) >= 11 is 0. The van der Waals surface area contributed by atoms with Crippen LogP contribution < -0.4 is 10.9 Å². The first-order chi connectivity index (χ1) is 7.51.